The second-order valence-corrected chi connectivity index (χ2v) is 7.89. The Morgan fingerprint density at radius 2 is 1.74 bits per heavy atom. The molecule has 0 aliphatic heterocycles. The molecule has 0 radical (unpaired) electrons. The van der Waals surface area contributed by atoms with E-state index in [0.29, 0.717) is 6.07 Å². The summed E-state index contributed by atoms with van der Waals surface area (Å²) in [5.41, 5.74) is -1.35. The van der Waals surface area contributed by atoms with Crippen molar-refractivity contribution in [1.29, 1.82) is 0 Å². The van der Waals surface area contributed by atoms with Gasteiger partial charge in [0.15, 0.2) is 17.5 Å². The monoisotopic (exact) mass is 352 g/mol. The third kappa shape index (κ3) is 4.93. The number of sulfonamides is 1. The van der Waals surface area contributed by atoms with E-state index >= 15 is 0 Å². The molecule has 0 fully saturated rings. The zero-order chi connectivity index (χ0) is 18.0. The van der Waals surface area contributed by atoms with Crippen molar-refractivity contribution in [2.45, 2.75) is 26.3 Å². The highest BCUT2D eigenvalue weighted by atomic mass is 32.2. The van der Waals surface area contributed by atoms with Gasteiger partial charge in [-0.15, -0.1) is 0 Å². The number of nitrogens with zero attached hydrogens (tertiary/aromatic N) is 1. The Kier molecular flexibility index (Phi) is 5.81. The van der Waals surface area contributed by atoms with Crippen molar-refractivity contribution in [3.05, 3.63) is 35.1 Å². The summed E-state index contributed by atoms with van der Waals surface area (Å²) < 4.78 is 64.0. The van der Waals surface area contributed by atoms with Crippen molar-refractivity contribution in [3.63, 3.8) is 0 Å². The van der Waals surface area contributed by atoms with Gasteiger partial charge in [-0.05, 0) is 32.9 Å². The number of carbonyl (C=O) groups is 1. The van der Waals surface area contributed by atoms with E-state index in [1.165, 1.54) is 4.31 Å². The van der Waals surface area contributed by atoms with Gasteiger partial charge in [-0.25, -0.2) is 21.6 Å². The third-order valence-corrected chi connectivity index (χ3v) is 4.56. The minimum Gasteiger partial charge on any atom is -0.351 e. The van der Waals surface area contributed by atoms with E-state index in [9.17, 15) is 26.4 Å². The topological polar surface area (TPSA) is 66.5 Å². The average molecular weight is 352 g/mol. The molecule has 0 aliphatic rings. The van der Waals surface area contributed by atoms with Gasteiger partial charge in [-0.2, -0.15) is 4.31 Å². The normalized spacial score (nSPS) is 12.5. The lowest BCUT2D eigenvalue weighted by molar-refractivity contribution is 0.0942. The van der Waals surface area contributed by atoms with E-state index in [2.05, 4.69) is 5.32 Å². The van der Waals surface area contributed by atoms with Crippen molar-refractivity contribution in [1.82, 2.24) is 9.62 Å². The molecule has 0 saturated heterocycles. The van der Waals surface area contributed by atoms with Crippen molar-refractivity contribution in [3.8, 4) is 0 Å². The maximum Gasteiger partial charge on any atom is 0.254 e. The first-order chi connectivity index (χ1) is 10.4. The van der Waals surface area contributed by atoms with Crippen LogP contribution in [0.5, 0.6) is 0 Å². The SMILES string of the molecule is CC(C)(C)N(CCNC(=O)c1ccc(F)c(F)c1F)S(C)(=O)=O. The second kappa shape index (κ2) is 6.88. The number of halogens is 3. The summed E-state index contributed by atoms with van der Waals surface area (Å²) in [6.07, 6.45) is 1.04. The molecule has 1 rings (SSSR count). The van der Waals surface area contributed by atoms with Gasteiger partial charge in [0.2, 0.25) is 10.0 Å². The minimum absolute atomic E-state index is 0.0423. The summed E-state index contributed by atoms with van der Waals surface area (Å²) in [6.45, 7) is 4.90. The maximum atomic E-state index is 13.5. The molecule has 9 heteroatoms. The summed E-state index contributed by atoms with van der Waals surface area (Å²) in [6, 6.07) is 1.46. The molecule has 0 heterocycles. The van der Waals surface area contributed by atoms with Crippen LogP contribution in [0.4, 0.5) is 13.2 Å². The van der Waals surface area contributed by atoms with Crippen LogP contribution in [0.25, 0.3) is 0 Å². The number of nitrogens with one attached hydrogen (secondary N) is 1. The Bertz CT molecular complexity index is 700. The molecule has 1 aromatic rings. The Balaban J connectivity index is 2.79. The summed E-state index contributed by atoms with van der Waals surface area (Å²) in [5, 5.41) is 2.29. The highest BCUT2D eigenvalue weighted by Crippen LogP contribution is 2.17. The Hall–Kier alpha value is -1.61. The fraction of sp³-hybridized carbons (Fsp3) is 0.500. The Morgan fingerprint density at radius 3 is 2.22 bits per heavy atom. The van der Waals surface area contributed by atoms with Crippen molar-refractivity contribution < 1.29 is 26.4 Å². The highest BCUT2D eigenvalue weighted by Gasteiger charge is 2.29. The maximum absolute atomic E-state index is 13.5. The zero-order valence-corrected chi connectivity index (χ0v) is 14.1. The molecule has 0 unspecified atom stereocenters. The van der Waals surface area contributed by atoms with Crippen molar-refractivity contribution in [2.24, 2.45) is 0 Å². The third-order valence-electron chi connectivity index (χ3n) is 3.03. The molecule has 1 N–H and O–H groups in total. The van der Waals surface area contributed by atoms with Crippen LogP contribution in [-0.4, -0.2) is 43.5 Å². The van der Waals surface area contributed by atoms with Crippen LogP contribution in [-0.2, 0) is 10.0 Å². The molecule has 0 aliphatic carbocycles. The van der Waals surface area contributed by atoms with Crippen molar-refractivity contribution >= 4 is 15.9 Å². The average Bonchev–Trinajstić information content (AvgIpc) is 2.38. The summed E-state index contributed by atoms with van der Waals surface area (Å²) in [4.78, 5) is 11.8. The molecule has 0 saturated carbocycles. The molecule has 130 valence electrons. The van der Waals surface area contributed by atoms with Crippen molar-refractivity contribution in [2.75, 3.05) is 19.3 Å². The predicted molar refractivity (Wildman–Crippen MR) is 80.0 cm³/mol. The molecule has 0 aromatic heterocycles. The number of carbonyl (C=O) groups excluding carboxylic acids is 1. The first-order valence-corrected chi connectivity index (χ1v) is 8.60. The van der Waals surface area contributed by atoms with Crippen LogP contribution < -0.4 is 5.32 Å². The van der Waals surface area contributed by atoms with Gasteiger partial charge in [0.1, 0.15) is 0 Å². The molecule has 5 nitrogen and oxygen atoms in total. The molecule has 0 atom stereocenters. The highest BCUT2D eigenvalue weighted by molar-refractivity contribution is 7.88. The number of rotatable bonds is 5. The fourth-order valence-corrected chi connectivity index (χ4v) is 3.48. The lowest BCUT2D eigenvalue weighted by atomic mass is 10.1. The molecule has 0 bridgehead atoms. The van der Waals surface area contributed by atoms with Gasteiger partial charge in [0, 0.05) is 18.6 Å². The summed E-state index contributed by atoms with van der Waals surface area (Å²) >= 11 is 0. The van der Waals surface area contributed by atoms with Crippen LogP contribution in [0.3, 0.4) is 0 Å². The molecule has 0 spiro atoms. The van der Waals surface area contributed by atoms with Gasteiger partial charge in [0.05, 0.1) is 11.8 Å². The zero-order valence-electron chi connectivity index (χ0n) is 13.3. The molecule has 1 amide bonds. The minimum atomic E-state index is -3.51. The smallest absolute Gasteiger partial charge is 0.254 e. The van der Waals surface area contributed by atoms with Crippen LogP contribution in [0.2, 0.25) is 0 Å². The van der Waals surface area contributed by atoms with E-state index in [0.717, 1.165) is 12.3 Å². The summed E-state index contributed by atoms with van der Waals surface area (Å²) in [7, 11) is -3.51. The Labute approximate surface area is 133 Å². The first kappa shape index (κ1) is 19.4. The lowest BCUT2D eigenvalue weighted by Gasteiger charge is -2.33. The molecular weight excluding hydrogens is 333 g/mol. The molecule has 1 aromatic carbocycles. The van der Waals surface area contributed by atoms with Crippen LogP contribution in [0, 0.1) is 17.5 Å². The first-order valence-electron chi connectivity index (χ1n) is 6.75. The summed E-state index contributed by atoms with van der Waals surface area (Å²) in [5.74, 6) is -5.66. The molecule has 23 heavy (non-hydrogen) atoms. The van der Waals surface area contributed by atoms with E-state index in [1.54, 1.807) is 20.8 Å². The number of hydrogen-bond donors (Lipinski definition) is 1. The number of hydrogen-bond acceptors (Lipinski definition) is 3. The van der Waals surface area contributed by atoms with Gasteiger partial charge >= 0.3 is 0 Å². The van der Waals surface area contributed by atoms with Crippen LogP contribution in [0.15, 0.2) is 12.1 Å². The lowest BCUT2D eigenvalue weighted by Crippen LogP contribution is -2.48. The predicted octanol–water partition coefficient (Wildman–Crippen LogP) is 1.89. The van der Waals surface area contributed by atoms with Gasteiger partial charge < -0.3 is 5.32 Å². The van der Waals surface area contributed by atoms with E-state index in [1.807, 2.05) is 0 Å². The van der Waals surface area contributed by atoms with E-state index < -0.39 is 44.5 Å². The standard InChI is InChI=1S/C14H19F3N2O3S/c1-14(2,3)19(23(4,21)22)8-7-18-13(20)9-5-6-10(15)12(17)11(9)16/h5-6H,7-8H2,1-4H3,(H,18,20). The van der Waals surface area contributed by atoms with Crippen LogP contribution >= 0.6 is 0 Å². The number of amides is 1. The fourth-order valence-electron chi connectivity index (χ4n) is 2.07. The Morgan fingerprint density at radius 1 is 1.17 bits per heavy atom. The van der Waals surface area contributed by atoms with E-state index in [4.69, 9.17) is 0 Å². The molecular formula is C14H19F3N2O3S. The largest absolute Gasteiger partial charge is 0.351 e. The van der Waals surface area contributed by atoms with Gasteiger partial charge in [-0.3, -0.25) is 4.79 Å². The van der Waals surface area contributed by atoms with Gasteiger partial charge in [0.25, 0.3) is 5.91 Å². The number of benzene rings is 1. The van der Waals surface area contributed by atoms with Gasteiger partial charge in [-0.1, -0.05) is 0 Å². The second-order valence-electron chi connectivity index (χ2n) is 5.98. The van der Waals surface area contributed by atoms with E-state index in [-0.39, 0.29) is 13.1 Å². The van der Waals surface area contributed by atoms with Crippen LogP contribution in [0.1, 0.15) is 31.1 Å². The quantitative estimate of drug-likeness (QED) is 0.823.